The summed E-state index contributed by atoms with van der Waals surface area (Å²) in [6, 6.07) is 6.93. The van der Waals surface area contributed by atoms with E-state index in [0.29, 0.717) is 11.3 Å². The molecule has 0 aliphatic heterocycles. The minimum atomic E-state index is -0.438. The fraction of sp³-hybridized carbons (Fsp3) is 0.286. The largest absolute Gasteiger partial charge is 0.465 e. The molecule has 0 aliphatic carbocycles. The molecule has 1 amide bonds. The number of carbonyl (C=O) groups is 2. The normalized spacial score (nSPS) is 9.32. The van der Waals surface area contributed by atoms with E-state index in [1.54, 1.807) is 36.2 Å². The van der Waals surface area contributed by atoms with Gasteiger partial charge in [0.05, 0.1) is 31.5 Å². The number of benzene rings is 1. The van der Waals surface area contributed by atoms with Gasteiger partial charge in [0, 0.05) is 7.05 Å². The Balaban J connectivity index is 2.82. The van der Waals surface area contributed by atoms with Gasteiger partial charge in [-0.3, -0.25) is 4.79 Å². The molecule has 0 spiro atoms. The highest BCUT2D eigenvalue weighted by atomic mass is 16.5. The van der Waals surface area contributed by atoms with E-state index in [9.17, 15) is 9.59 Å². The fourth-order valence-electron chi connectivity index (χ4n) is 1.60. The van der Waals surface area contributed by atoms with E-state index in [-0.39, 0.29) is 19.0 Å². The third kappa shape index (κ3) is 4.03. The summed E-state index contributed by atoms with van der Waals surface area (Å²) in [7, 11) is 3.04. The molecule has 0 aliphatic rings. The molecule has 1 aromatic carbocycles. The van der Waals surface area contributed by atoms with Crippen LogP contribution in [0, 0.1) is 12.3 Å². The van der Waals surface area contributed by atoms with Gasteiger partial charge in [-0.1, -0.05) is 18.1 Å². The summed E-state index contributed by atoms with van der Waals surface area (Å²) in [5, 5.41) is 2.56. The molecule has 0 heterocycles. The van der Waals surface area contributed by atoms with Crippen LogP contribution in [0.15, 0.2) is 24.3 Å². The smallest absolute Gasteiger partial charge is 0.339 e. The zero-order valence-corrected chi connectivity index (χ0v) is 11.0. The highest BCUT2D eigenvalue weighted by Gasteiger charge is 2.15. The maximum Gasteiger partial charge on any atom is 0.339 e. The molecular weight excluding hydrogens is 244 g/mol. The Morgan fingerprint density at radius 3 is 2.74 bits per heavy atom. The lowest BCUT2D eigenvalue weighted by atomic mass is 10.1. The molecule has 19 heavy (non-hydrogen) atoms. The van der Waals surface area contributed by atoms with Crippen LogP contribution >= 0.6 is 0 Å². The van der Waals surface area contributed by atoms with Gasteiger partial charge in [-0.05, 0) is 12.1 Å². The fourth-order valence-corrected chi connectivity index (χ4v) is 1.60. The Labute approximate surface area is 112 Å². The van der Waals surface area contributed by atoms with Crippen LogP contribution in [0.5, 0.6) is 0 Å². The van der Waals surface area contributed by atoms with Crippen LogP contribution in [0.1, 0.15) is 10.4 Å². The van der Waals surface area contributed by atoms with Crippen LogP contribution < -0.4 is 10.2 Å². The van der Waals surface area contributed by atoms with Gasteiger partial charge in [-0.25, -0.2) is 4.79 Å². The monoisotopic (exact) mass is 260 g/mol. The molecule has 0 atom stereocenters. The summed E-state index contributed by atoms with van der Waals surface area (Å²) < 4.78 is 4.70. The number of likely N-dealkylation sites (N-methyl/N-ethyl adjacent to an activating group) is 1. The molecule has 1 N–H and O–H groups in total. The Morgan fingerprint density at radius 2 is 2.11 bits per heavy atom. The second-order valence-electron chi connectivity index (χ2n) is 3.85. The van der Waals surface area contributed by atoms with Crippen molar-refractivity contribution >= 4 is 17.6 Å². The van der Waals surface area contributed by atoms with Gasteiger partial charge >= 0.3 is 5.97 Å². The van der Waals surface area contributed by atoms with Crippen molar-refractivity contribution in [2.24, 2.45) is 0 Å². The van der Waals surface area contributed by atoms with E-state index in [1.807, 2.05) is 0 Å². The number of ether oxygens (including phenoxy) is 1. The van der Waals surface area contributed by atoms with Gasteiger partial charge in [-0.15, -0.1) is 6.42 Å². The van der Waals surface area contributed by atoms with Gasteiger partial charge < -0.3 is 15.0 Å². The van der Waals surface area contributed by atoms with Gasteiger partial charge in [0.25, 0.3) is 0 Å². The topological polar surface area (TPSA) is 58.6 Å². The Hall–Kier alpha value is -2.48. The predicted molar refractivity (Wildman–Crippen MR) is 72.9 cm³/mol. The summed E-state index contributed by atoms with van der Waals surface area (Å²) in [4.78, 5) is 24.9. The number of nitrogens with one attached hydrogen (secondary N) is 1. The van der Waals surface area contributed by atoms with E-state index in [0.717, 1.165) is 0 Å². The van der Waals surface area contributed by atoms with Crippen LogP contribution in [0.3, 0.4) is 0 Å². The van der Waals surface area contributed by atoms with Crippen LogP contribution in [-0.2, 0) is 9.53 Å². The Bertz CT molecular complexity index is 506. The molecular formula is C14H16N2O3. The average molecular weight is 260 g/mol. The number of rotatable bonds is 5. The van der Waals surface area contributed by atoms with E-state index in [1.165, 1.54) is 7.11 Å². The first-order valence-corrected chi connectivity index (χ1v) is 5.68. The number of terminal acetylenes is 1. The van der Waals surface area contributed by atoms with Crippen LogP contribution in [0.2, 0.25) is 0 Å². The van der Waals surface area contributed by atoms with Crippen molar-refractivity contribution < 1.29 is 14.3 Å². The van der Waals surface area contributed by atoms with Gasteiger partial charge in [0.1, 0.15) is 0 Å². The number of para-hydroxylation sites is 1. The number of hydrogen-bond donors (Lipinski definition) is 1. The van der Waals surface area contributed by atoms with Crippen molar-refractivity contribution in [1.29, 1.82) is 0 Å². The molecule has 1 aromatic rings. The van der Waals surface area contributed by atoms with E-state index >= 15 is 0 Å². The van der Waals surface area contributed by atoms with Crippen molar-refractivity contribution in [3.63, 3.8) is 0 Å². The third-order valence-corrected chi connectivity index (χ3v) is 2.49. The molecule has 0 radical (unpaired) electrons. The van der Waals surface area contributed by atoms with E-state index in [4.69, 9.17) is 11.2 Å². The van der Waals surface area contributed by atoms with Crippen molar-refractivity contribution in [3.05, 3.63) is 29.8 Å². The number of carbonyl (C=O) groups excluding carboxylic acids is 2. The number of nitrogens with zero attached hydrogens (tertiary/aromatic N) is 1. The standard InChI is InChI=1S/C14H16N2O3/c1-4-9-15-13(17)10-16(2)12-8-6-5-7-11(12)14(18)19-3/h1,5-8H,9-10H2,2-3H3,(H,15,17). The first-order chi connectivity index (χ1) is 9.10. The zero-order valence-electron chi connectivity index (χ0n) is 11.0. The highest BCUT2D eigenvalue weighted by Crippen LogP contribution is 2.19. The molecule has 5 heteroatoms. The lowest BCUT2D eigenvalue weighted by Crippen LogP contribution is -2.35. The molecule has 1 rings (SSSR count). The zero-order chi connectivity index (χ0) is 14.3. The van der Waals surface area contributed by atoms with E-state index in [2.05, 4.69) is 11.2 Å². The number of methoxy groups -OCH3 is 1. The van der Waals surface area contributed by atoms with Crippen molar-refractivity contribution in [1.82, 2.24) is 5.32 Å². The quantitative estimate of drug-likeness (QED) is 0.624. The third-order valence-electron chi connectivity index (χ3n) is 2.49. The molecule has 0 bridgehead atoms. The van der Waals surface area contributed by atoms with Gasteiger partial charge in [0.15, 0.2) is 0 Å². The van der Waals surface area contributed by atoms with Crippen LogP contribution in [0.4, 0.5) is 5.69 Å². The summed E-state index contributed by atoms with van der Waals surface area (Å²) in [5.74, 6) is 1.68. The predicted octanol–water partition coefficient (Wildman–Crippen LogP) is 0.659. The van der Waals surface area contributed by atoms with Crippen LogP contribution in [-0.4, -0.2) is 39.1 Å². The molecule has 0 saturated carbocycles. The second-order valence-corrected chi connectivity index (χ2v) is 3.85. The van der Waals surface area contributed by atoms with Crippen molar-refractivity contribution in [3.8, 4) is 12.3 Å². The minimum Gasteiger partial charge on any atom is -0.465 e. The molecule has 0 aromatic heterocycles. The number of esters is 1. The van der Waals surface area contributed by atoms with Crippen molar-refractivity contribution in [2.45, 2.75) is 0 Å². The Morgan fingerprint density at radius 1 is 1.42 bits per heavy atom. The summed E-state index contributed by atoms with van der Waals surface area (Å²) in [6.07, 6.45) is 5.06. The first kappa shape index (κ1) is 14.6. The maximum absolute atomic E-state index is 11.6. The van der Waals surface area contributed by atoms with Gasteiger partial charge in [0.2, 0.25) is 5.91 Å². The maximum atomic E-state index is 11.6. The molecule has 0 saturated heterocycles. The highest BCUT2D eigenvalue weighted by molar-refractivity contribution is 5.96. The molecule has 100 valence electrons. The average Bonchev–Trinajstić information content (AvgIpc) is 2.44. The summed E-state index contributed by atoms with van der Waals surface area (Å²) in [6.45, 7) is 0.293. The minimum absolute atomic E-state index is 0.107. The SMILES string of the molecule is C#CCNC(=O)CN(C)c1ccccc1C(=O)OC. The van der Waals surface area contributed by atoms with Gasteiger partial charge in [-0.2, -0.15) is 0 Å². The summed E-state index contributed by atoms with van der Waals surface area (Å²) >= 11 is 0. The number of hydrogen-bond acceptors (Lipinski definition) is 4. The summed E-state index contributed by atoms with van der Waals surface area (Å²) in [5.41, 5.74) is 1.04. The lowest BCUT2D eigenvalue weighted by Gasteiger charge is -2.20. The second kappa shape index (κ2) is 7.07. The molecule has 0 fully saturated rings. The lowest BCUT2D eigenvalue weighted by molar-refractivity contribution is -0.119. The molecule has 5 nitrogen and oxygen atoms in total. The molecule has 0 unspecified atom stereocenters. The van der Waals surface area contributed by atoms with E-state index < -0.39 is 5.97 Å². The number of anilines is 1. The Kier molecular flexibility index (Phi) is 5.42. The number of amides is 1. The first-order valence-electron chi connectivity index (χ1n) is 5.68. The van der Waals surface area contributed by atoms with Crippen molar-refractivity contribution in [2.75, 3.05) is 32.1 Å². The van der Waals surface area contributed by atoms with Crippen LogP contribution in [0.25, 0.3) is 0 Å².